The lowest BCUT2D eigenvalue weighted by molar-refractivity contribution is 0.0692. The Morgan fingerprint density at radius 3 is 2.80 bits per heavy atom. The molecule has 2 rings (SSSR count). The van der Waals surface area contributed by atoms with Crippen LogP contribution in [-0.2, 0) is 6.54 Å². The summed E-state index contributed by atoms with van der Waals surface area (Å²) in [7, 11) is 0. The van der Waals surface area contributed by atoms with Gasteiger partial charge >= 0.3 is 5.97 Å². The summed E-state index contributed by atoms with van der Waals surface area (Å²) in [6, 6.07) is 3.79. The Hall–Kier alpha value is -1.77. The first-order valence-corrected chi connectivity index (χ1v) is 6.71. The lowest BCUT2D eigenvalue weighted by atomic mass is 10.1. The van der Waals surface area contributed by atoms with Crippen molar-refractivity contribution in [3.05, 3.63) is 61.1 Å². The number of aryl methyl sites for hydroxylation is 1. The molecular formula is C13H10FIN2O3. The molecule has 0 spiro atoms. The molecule has 1 aromatic carbocycles. The Balaban J connectivity index is 2.41. The Morgan fingerprint density at radius 2 is 2.20 bits per heavy atom. The zero-order chi connectivity index (χ0) is 14.9. The molecule has 2 aromatic rings. The normalized spacial score (nSPS) is 10.6. The van der Waals surface area contributed by atoms with Gasteiger partial charge in [-0.3, -0.25) is 9.36 Å². The minimum atomic E-state index is -1.32. The van der Waals surface area contributed by atoms with Gasteiger partial charge in [0.25, 0.3) is 5.56 Å². The molecule has 0 fully saturated rings. The zero-order valence-electron chi connectivity index (χ0n) is 10.4. The number of hydrogen-bond donors (Lipinski definition) is 1. The van der Waals surface area contributed by atoms with E-state index in [1.54, 1.807) is 6.92 Å². The van der Waals surface area contributed by atoms with Crippen LogP contribution >= 0.6 is 22.6 Å². The lowest BCUT2D eigenvalue weighted by Crippen LogP contribution is -2.26. The molecule has 5 nitrogen and oxygen atoms in total. The molecule has 0 saturated carbocycles. The molecule has 0 saturated heterocycles. The second kappa shape index (κ2) is 5.70. The quantitative estimate of drug-likeness (QED) is 0.818. The minimum absolute atomic E-state index is 0.144. The van der Waals surface area contributed by atoms with Crippen molar-refractivity contribution in [2.24, 2.45) is 0 Å². The fourth-order valence-corrected chi connectivity index (χ4v) is 2.18. The molecule has 0 amide bonds. The van der Waals surface area contributed by atoms with E-state index in [0.29, 0.717) is 15.0 Å². The number of carboxylic acid groups (broad SMARTS) is 1. The number of halogens is 2. The average Bonchev–Trinajstić information content (AvgIpc) is 2.39. The lowest BCUT2D eigenvalue weighted by Gasteiger charge is -2.10. The summed E-state index contributed by atoms with van der Waals surface area (Å²) in [6.07, 6.45) is 1.48. The number of rotatable bonds is 3. The van der Waals surface area contributed by atoms with Crippen molar-refractivity contribution in [3.63, 3.8) is 0 Å². The molecule has 1 N–H and O–H groups in total. The van der Waals surface area contributed by atoms with Crippen LogP contribution in [0.25, 0.3) is 0 Å². The first-order chi connectivity index (χ1) is 9.40. The largest absolute Gasteiger partial charge is 0.478 e. The van der Waals surface area contributed by atoms with Gasteiger partial charge in [0, 0.05) is 6.20 Å². The van der Waals surface area contributed by atoms with E-state index in [2.05, 4.69) is 4.98 Å². The van der Waals surface area contributed by atoms with Gasteiger partial charge < -0.3 is 5.11 Å². The molecule has 0 radical (unpaired) electrons. The summed E-state index contributed by atoms with van der Waals surface area (Å²) >= 11 is 1.88. The van der Waals surface area contributed by atoms with E-state index < -0.39 is 17.3 Å². The number of carbonyl (C=O) groups is 1. The summed E-state index contributed by atoms with van der Waals surface area (Å²) in [4.78, 5) is 26.8. The second-order valence-corrected chi connectivity index (χ2v) is 5.33. The predicted octanol–water partition coefficient (Wildman–Crippen LogP) is 2.04. The molecule has 0 unspecified atom stereocenters. The van der Waals surface area contributed by atoms with Crippen LogP contribution in [0.4, 0.5) is 4.39 Å². The van der Waals surface area contributed by atoms with E-state index in [1.807, 2.05) is 22.6 Å². The van der Waals surface area contributed by atoms with Gasteiger partial charge in [-0.25, -0.2) is 14.2 Å². The number of carboxylic acids is 1. The third-order valence-corrected chi connectivity index (χ3v) is 3.55. The summed E-state index contributed by atoms with van der Waals surface area (Å²) in [5.41, 5.74) is -0.0964. The fraction of sp³-hybridized carbons (Fsp3) is 0.154. The van der Waals surface area contributed by atoms with Crippen LogP contribution in [0.1, 0.15) is 21.7 Å². The van der Waals surface area contributed by atoms with Crippen LogP contribution in [0.3, 0.4) is 0 Å². The number of aromatic carboxylic acids is 1. The van der Waals surface area contributed by atoms with Gasteiger partial charge in [-0.15, -0.1) is 0 Å². The molecule has 1 aromatic heterocycles. The highest BCUT2D eigenvalue weighted by atomic mass is 127. The molecule has 0 aliphatic heterocycles. The Morgan fingerprint density at radius 1 is 1.50 bits per heavy atom. The Labute approximate surface area is 127 Å². The summed E-state index contributed by atoms with van der Waals surface area (Å²) in [6.45, 7) is 1.82. The van der Waals surface area contributed by atoms with Crippen LogP contribution in [0.15, 0.2) is 29.2 Å². The number of benzene rings is 1. The standard InChI is InChI=1S/C13H10FIN2O3/c1-7-16-5-11(15)12(18)17(7)6-8-2-3-9(13(19)20)10(14)4-8/h2-5H,6H2,1H3,(H,19,20). The van der Waals surface area contributed by atoms with Crippen LogP contribution in [0.2, 0.25) is 0 Å². The van der Waals surface area contributed by atoms with Crippen molar-refractivity contribution in [1.82, 2.24) is 9.55 Å². The number of hydrogen-bond acceptors (Lipinski definition) is 3. The molecule has 20 heavy (non-hydrogen) atoms. The van der Waals surface area contributed by atoms with Gasteiger partial charge in [0.15, 0.2) is 0 Å². The van der Waals surface area contributed by atoms with E-state index in [1.165, 1.54) is 22.9 Å². The van der Waals surface area contributed by atoms with Crippen molar-refractivity contribution in [1.29, 1.82) is 0 Å². The number of nitrogens with zero attached hydrogens (tertiary/aromatic N) is 2. The SMILES string of the molecule is Cc1ncc(I)c(=O)n1Cc1ccc(C(=O)O)c(F)c1. The van der Waals surface area contributed by atoms with Crippen molar-refractivity contribution in [2.45, 2.75) is 13.5 Å². The molecule has 0 bridgehead atoms. The van der Waals surface area contributed by atoms with Gasteiger partial charge in [-0.1, -0.05) is 6.07 Å². The van der Waals surface area contributed by atoms with Crippen LogP contribution in [0.5, 0.6) is 0 Å². The molecule has 0 atom stereocenters. The van der Waals surface area contributed by atoms with E-state index in [-0.39, 0.29) is 12.1 Å². The highest BCUT2D eigenvalue weighted by Gasteiger charge is 2.12. The molecule has 7 heteroatoms. The summed E-state index contributed by atoms with van der Waals surface area (Å²) in [5, 5.41) is 8.76. The van der Waals surface area contributed by atoms with Gasteiger partial charge in [-0.05, 0) is 47.2 Å². The van der Waals surface area contributed by atoms with Crippen LogP contribution in [-0.4, -0.2) is 20.6 Å². The van der Waals surface area contributed by atoms with Crippen LogP contribution in [0, 0.1) is 16.3 Å². The second-order valence-electron chi connectivity index (χ2n) is 4.16. The number of aromatic nitrogens is 2. The Kier molecular flexibility index (Phi) is 4.17. The molecule has 0 aliphatic carbocycles. The van der Waals surface area contributed by atoms with Gasteiger partial charge in [-0.2, -0.15) is 0 Å². The maximum atomic E-state index is 13.6. The van der Waals surface area contributed by atoms with E-state index in [0.717, 1.165) is 6.07 Å². The van der Waals surface area contributed by atoms with Crippen molar-refractivity contribution >= 4 is 28.6 Å². The predicted molar refractivity (Wildman–Crippen MR) is 78.4 cm³/mol. The van der Waals surface area contributed by atoms with Crippen molar-refractivity contribution in [3.8, 4) is 0 Å². The third kappa shape index (κ3) is 2.87. The van der Waals surface area contributed by atoms with E-state index >= 15 is 0 Å². The molecule has 0 aliphatic rings. The van der Waals surface area contributed by atoms with E-state index in [9.17, 15) is 14.0 Å². The fourth-order valence-electron chi connectivity index (χ4n) is 1.75. The maximum Gasteiger partial charge on any atom is 0.338 e. The monoisotopic (exact) mass is 388 g/mol. The minimum Gasteiger partial charge on any atom is -0.478 e. The molecular weight excluding hydrogens is 378 g/mol. The maximum absolute atomic E-state index is 13.6. The van der Waals surface area contributed by atoms with Crippen LogP contribution < -0.4 is 5.56 Å². The highest BCUT2D eigenvalue weighted by Crippen LogP contribution is 2.12. The van der Waals surface area contributed by atoms with Gasteiger partial charge in [0.05, 0.1) is 15.7 Å². The summed E-state index contributed by atoms with van der Waals surface area (Å²) < 4.78 is 15.5. The smallest absolute Gasteiger partial charge is 0.338 e. The van der Waals surface area contributed by atoms with Gasteiger partial charge in [0.1, 0.15) is 11.6 Å². The third-order valence-electron chi connectivity index (χ3n) is 2.81. The van der Waals surface area contributed by atoms with Crippen molar-refractivity contribution in [2.75, 3.05) is 0 Å². The molecule has 1 heterocycles. The average molecular weight is 388 g/mol. The summed E-state index contributed by atoms with van der Waals surface area (Å²) in [5.74, 6) is -1.63. The van der Waals surface area contributed by atoms with E-state index in [4.69, 9.17) is 5.11 Å². The zero-order valence-corrected chi connectivity index (χ0v) is 12.6. The first-order valence-electron chi connectivity index (χ1n) is 5.64. The van der Waals surface area contributed by atoms with Gasteiger partial charge in [0.2, 0.25) is 0 Å². The highest BCUT2D eigenvalue weighted by molar-refractivity contribution is 14.1. The Bertz CT molecular complexity index is 743. The topological polar surface area (TPSA) is 72.2 Å². The van der Waals surface area contributed by atoms with Crippen molar-refractivity contribution < 1.29 is 14.3 Å². The first kappa shape index (κ1) is 14.6. The molecule has 104 valence electrons.